The Morgan fingerprint density at radius 3 is 2.52 bits per heavy atom. The van der Waals surface area contributed by atoms with Gasteiger partial charge in [-0.25, -0.2) is 4.99 Å². The van der Waals surface area contributed by atoms with Crippen molar-refractivity contribution in [3.05, 3.63) is 59.7 Å². The van der Waals surface area contributed by atoms with Gasteiger partial charge in [-0.15, -0.1) is 24.0 Å². The smallest absolute Gasteiger partial charge is 0.227 e. The molecule has 0 atom stereocenters. The summed E-state index contributed by atoms with van der Waals surface area (Å²) in [5.41, 5.74) is 3.15. The molecule has 0 bridgehead atoms. The number of guanidine groups is 1. The van der Waals surface area contributed by atoms with Crippen LogP contribution in [0, 0.1) is 5.92 Å². The highest BCUT2D eigenvalue weighted by Gasteiger charge is 2.25. The Labute approximate surface area is 202 Å². The third-order valence-corrected chi connectivity index (χ3v) is 5.30. The van der Waals surface area contributed by atoms with Crippen molar-refractivity contribution in [3.8, 4) is 5.75 Å². The zero-order valence-electron chi connectivity index (χ0n) is 18.3. The number of halogens is 1. The molecule has 1 amide bonds. The molecule has 3 N–H and O–H groups in total. The Morgan fingerprint density at radius 2 is 1.87 bits per heavy atom. The number of hydrogen-bond acceptors (Lipinski definition) is 3. The van der Waals surface area contributed by atoms with E-state index in [1.165, 1.54) is 5.56 Å². The number of carbonyl (C=O) groups excluding carboxylic acids is 1. The van der Waals surface area contributed by atoms with E-state index in [0.717, 1.165) is 61.7 Å². The predicted octanol–water partition coefficient (Wildman–Crippen LogP) is 4.35. The summed E-state index contributed by atoms with van der Waals surface area (Å²) in [5, 5.41) is 9.70. The maximum absolute atomic E-state index is 12.2. The molecule has 1 aliphatic rings. The minimum atomic E-state index is 0. The number of nitrogens with zero attached hydrogens (tertiary/aromatic N) is 1. The first kappa shape index (κ1) is 25.0. The van der Waals surface area contributed by atoms with Crippen LogP contribution in [-0.4, -0.2) is 32.1 Å². The van der Waals surface area contributed by atoms with Crippen molar-refractivity contribution in [1.29, 1.82) is 0 Å². The summed E-state index contributed by atoms with van der Waals surface area (Å²) < 4.78 is 5.20. The number of aliphatic imine (C=N–C) groups is 1. The fourth-order valence-electron chi connectivity index (χ4n) is 3.29. The number of benzene rings is 2. The summed E-state index contributed by atoms with van der Waals surface area (Å²) in [6, 6.07) is 16.0. The molecular weight excluding hydrogens is 503 g/mol. The van der Waals surface area contributed by atoms with Crippen LogP contribution in [0.4, 0.5) is 5.69 Å². The summed E-state index contributed by atoms with van der Waals surface area (Å²) >= 11 is 0. The molecule has 168 valence electrons. The number of amides is 1. The zero-order valence-corrected chi connectivity index (χ0v) is 20.6. The Balaban J connectivity index is 0.00000341. The second-order valence-corrected chi connectivity index (χ2v) is 7.54. The van der Waals surface area contributed by atoms with Crippen LogP contribution >= 0.6 is 24.0 Å². The number of rotatable bonds is 9. The van der Waals surface area contributed by atoms with Crippen LogP contribution in [0.1, 0.15) is 37.3 Å². The molecule has 0 radical (unpaired) electrons. The van der Waals surface area contributed by atoms with Gasteiger partial charge in [0.05, 0.1) is 13.7 Å². The average molecular weight is 536 g/mol. The maximum Gasteiger partial charge on any atom is 0.227 e. The van der Waals surface area contributed by atoms with Gasteiger partial charge in [0, 0.05) is 24.7 Å². The van der Waals surface area contributed by atoms with Crippen molar-refractivity contribution in [2.75, 3.05) is 25.5 Å². The number of methoxy groups -OCH3 is 1. The van der Waals surface area contributed by atoms with Gasteiger partial charge < -0.3 is 20.7 Å². The largest absolute Gasteiger partial charge is 0.497 e. The zero-order chi connectivity index (χ0) is 21.2. The summed E-state index contributed by atoms with van der Waals surface area (Å²) in [6.45, 7) is 4.18. The van der Waals surface area contributed by atoms with Crippen molar-refractivity contribution >= 4 is 41.5 Å². The van der Waals surface area contributed by atoms with E-state index in [1.807, 2.05) is 36.4 Å². The summed E-state index contributed by atoms with van der Waals surface area (Å²) in [6.07, 6.45) is 4.07. The van der Waals surface area contributed by atoms with Gasteiger partial charge in [-0.2, -0.15) is 0 Å². The standard InChI is InChI=1S/C24H32N4O2.HI/c1-3-25-24(26-15-14-18-10-12-22(30-2)13-11-18)27-17-19-6-4-9-21(16-19)28-23(29)20-7-5-8-20;/h4,6,9-13,16,20H,3,5,7-8,14-15,17H2,1-2H3,(H,28,29)(H2,25,26,27);1H. The van der Waals surface area contributed by atoms with Crippen LogP contribution in [0.2, 0.25) is 0 Å². The van der Waals surface area contributed by atoms with E-state index in [2.05, 4.69) is 40.0 Å². The third-order valence-electron chi connectivity index (χ3n) is 5.30. The lowest BCUT2D eigenvalue weighted by atomic mass is 9.85. The molecule has 0 aliphatic heterocycles. The Bertz CT molecular complexity index is 851. The van der Waals surface area contributed by atoms with Gasteiger partial charge in [0.1, 0.15) is 5.75 Å². The molecule has 0 spiro atoms. The quantitative estimate of drug-likeness (QED) is 0.253. The number of nitrogens with one attached hydrogen (secondary N) is 3. The van der Waals surface area contributed by atoms with Crippen LogP contribution in [0.5, 0.6) is 5.75 Å². The molecule has 0 saturated heterocycles. The number of ether oxygens (including phenoxy) is 1. The topological polar surface area (TPSA) is 74.8 Å². The van der Waals surface area contributed by atoms with Crippen LogP contribution in [-0.2, 0) is 17.8 Å². The second-order valence-electron chi connectivity index (χ2n) is 7.54. The Morgan fingerprint density at radius 1 is 1.10 bits per heavy atom. The number of carbonyl (C=O) groups is 1. The molecule has 3 rings (SSSR count). The van der Waals surface area contributed by atoms with Crippen molar-refractivity contribution in [1.82, 2.24) is 10.6 Å². The first-order valence-electron chi connectivity index (χ1n) is 10.7. The summed E-state index contributed by atoms with van der Waals surface area (Å²) in [5.74, 6) is 1.97. The van der Waals surface area contributed by atoms with Crippen molar-refractivity contribution in [2.24, 2.45) is 10.9 Å². The van der Waals surface area contributed by atoms with E-state index in [0.29, 0.717) is 6.54 Å². The van der Waals surface area contributed by atoms with E-state index in [1.54, 1.807) is 7.11 Å². The highest BCUT2D eigenvalue weighted by atomic mass is 127. The predicted molar refractivity (Wildman–Crippen MR) is 137 cm³/mol. The van der Waals surface area contributed by atoms with Crippen LogP contribution in [0.3, 0.4) is 0 Å². The van der Waals surface area contributed by atoms with E-state index >= 15 is 0 Å². The lowest BCUT2D eigenvalue weighted by Crippen LogP contribution is -2.38. The highest BCUT2D eigenvalue weighted by molar-refractivity contribution is 14.0. The fraction of sp³-hybridized carbons (Fsp3) is 0.417. The molecule has 1 aliphatic carbocycles. The molecule has 31 heavy (non-hydrogen) atoms. The molecule has 6 nitrogen and oxygen atoms in total. The molecule has 2 aromatic rings. The van der Waals surface area contributed by atoms with E-state index in [4.69, 9.17) is 4.74 Å². The maximum atomic E-state index is 12.2. The first-order valence-corrected chi connectivity index (χ1v) is 10.7. The molecule has 0 heterocycles. The molecule has 0 unspecified atom stereocenters. The van der Waals surface area contributed by atoms with Crippen molar-refractivity contribution in [3.63, 3.8) is 0 Å². The van der Waals surface area contributed by atoms with Gasteiger partial charge in [0.15, 0.2) is 5.96 Å². The number of hydrogen-bond donors (Lipinski definition) is 3. The van der Waals surface area contributed by atoms with E-state index in [9.17, 15) is 4.79 Å². The van der Waals surface area contributed by atoms with Gasteiger partial charge in [-0.05, 0) is 61.6 Å². The van der Waals surface area contributed by atoms with Gasteiger partial charge in [-0.3, -0.25) is 4.79 Å². The van der Waals surface area contributed by atoms with Crippen molar-refractivity contribution in [2.45, 2.75) is 39.2 Å². The monoisotopic (exact) mass is 536 g/mol. The van der Waals surface area contributed by atoms with Gasteiger partial charge in [0.2, 0.25) is 5.91 Å². The molecule has 0 aromatic heterocycles. The van der Waals surface area contributed by atoms with Crippen LogP contribution in [0.15, 0.2) is 53.5 Å². The molecular formula is C24H33IN4O2. The minimum absolute atomic E-state index is 0. The normalized spacial score (nSPS) is 13.5. The van der Waals surface area contributed by atoms with Crippen LogP contribution in [0.25, 0.3) is 0 Å². The summed E-state index contributed by atoms with van der Waals surface area (Å²) in [7, 11) is 1.67. The van der Waals surface area contributed by atoms with Gasteiger partial charge >= 0.3 is 0 Å². The lowest BCUT2D eigenvalue weighted by molar-refractivity contribution is -0.122. The summed E-state index contributed by atoms with van der Waals surface area (Å²) in [4.78, 5) is 16.8. The molecule has 7 heteroatoms. The fourth-order valence-corrected chi connectivity index (χ4v) is 3.29. The second kappa shape index (κ2) is 13.2. The third kappa shape index (κ3) is 8.05. The first-order chi connectivity index (χ1) is 14.7. The van der Waals surface area contributed by atoms with Gasteiger partial charge in [-0.1, -0.05) is 30.7 Å². The average Bonchev–Trinajstić information content (AvgIpc) is 2.71. The van der Waals surface area contributed by atoms with Crippen LogP contribution < -0.4 is 20.7 Å². The van der Waals surface area contributed by atoms with E-state index in [-0.39, 0.29) is 35.8 Å². The molecule has 1 fully saturated rings. The lowest BCUT2D eigenvalue weighted by Gasteiger charge is -2.24. The minimum Gasteiger partial charge on any atom is -0.497 e. The Hall–Kier alpha value is -2.29. The molecule has 2 aromatic carbocycles. The highest BCUT2D eigenvalue weighted by Crippen LogP contribution is 2.27. The van der Waals surface area contributed by atoms with Gasteiger partial charge in [0.25, 0.3) is 0 Å². The van der Waals surface area contributed by atoms with Crippen molar-refractivity contribution < 1.29 is 9.53 Å². The Kier molecular flexibility index (Phi) is 10.6. The molecule has 1 saturated carbocycles. The number of anilines is 1. The SMILES string of the molecule is CCNC(=NCc1cccc(NC(=O)C2CCC2)c1)NCCc1ccc(OC)cc1.I. The van der Waals surface area contributed by atoms with E-state index < -0.39 is 0 Å².